The van der Waals surface area contributed by atoms with Crippen molar-refractivity contribution in [2.45, 2.75) is 18.6 Å². The Kier molecular flexibility index (Phi) is 3.27. The van der Waals surface area contributed by atoms with Crippen LogP contribution in [0.15, 0.2) is 18.2 Å². The van der Waals surface area contributed by atoms with Crippen molar-refractivity contribution in [2.75, 3.05) is 36.9 Å². The van der Waals surface area contributed by atoms with Crippen LogP contribution in [0.4, 0.5) is 11.4 Å². The lowest BCUT2D eigenvalue weighted by Gasteiger charge is -2.39. The molecule has 0 aromatic heterocycles. The van der Waals surface area contributed by atoms with Gasteiger partial charge >= 0.3 is 5.97 Å². The molecule has 0 aliphatic carbocycles. The van der Waals surface area contributed by atoms with Gasteiger partial charge in [-0.3, -0.25) is 0 Å². The highest BCUT2D eigenvalue weighted by Crippen LogP contribution is 2.34. The van der Waals surface area contributed by atoms with Crippen molar-refractivity contribution in [3.8, 4) is 0 Å². The maximum Gasteiger partial charge on any atom is 0.337 e. The van der Waals surface area contributed by atoms with Gasteiger partial charge in [-0.1, -0.05) is 0 Å². The lowest BCUT2D eigenvalue weighted by atomic mass is 10.0. The third-order valence-corrected chi connectivity index (χ3v) is 3.93. The maximum absolute atomic E-state index is 11.3. The summed E-state index contributed by atoms with van der Waals surface area (Å²) in [6, 6.07) is 5.01. The van der Waals surface area contributed by atoms with Crippen LogP contribution < -0.4 is 10.6 Å². The molecule has 0 unspecified atom stereocenters. The summed E-state index contributed by atoms with van der Waals surface area (Å²) in [5.41, 5.74) is 7.08. The van der Waals surface area contributed by atoms with Gasteiger partial charge in [0.05, 0.1) is 24.5 Å². The summed E-state index contributed by atoms with van der Waals surface area (Å²) in [5, 5.41) is 9.29. The van der Waals surface area contributed by atoms with E-state index >= 15 is 0 Å². The average Bonchev–Trinajstić information content (AvgIpc) is 2.88. The molecule has 0 radical (unpaired) electrons. The molecule has 2 heterocycles. The molecule has 6 nitrogen and oxygen atoms in total. The van der Waals surface area contributed by atoms with Crippen LogP contribution in [0.5, 0.6) is 0 Å². The molecule has 0 bridgehead atoms. The van der Waals surface area contributed by atoms with E-state index in [2.05, 4.69) is 4.90 Å². The van der Waals surface area contributed by atoms with Crippen LogP contribution in [-0.4, -0.2) is 43.2 Å². The molecule has 108 valence electrons. The summed E-state index contributed by atoms with van der Waals surface area (Å²) in [7, 11) is 0. The Balaban J connectivity index is 1.79. The molecule has 0 saturated carbocycles. The second-order valence-corrected chi connectivity index (χ2v) is 5.18. The molecule has 2 saturated heterocycles. The predicted octanol–water partition coefficient (Wildman–Crippen LogP) is 1.31. The SMILES string of the molecule is Nc1ccc(N2CCC3(CC2)OCCO3)c(C(=O)O)c1. The number of anilines is 2. The van der Waals surface area contributed by atoms with Gasteiger partial charge < -0.3 is 25.2 Å². The summed E-state index contributed by atoms with van der Waals surface area (Å²) in [6.07, 6.45) is 1.49. The number of carboxylic acids is 1. The third-order valence-electron chi connectivity index (χ3n) is 3.93. The van der Waals surface area contributed by atoms with Gasteiger partial charge in [0, 0.05) is 31.6 Å². The topological polar surface area (TPSA) is 85.0 Å². The molecule has 3 N–H and O–H groups in total. The van der Waals surface area contributed by atoms with Crippen molar-refractivity contribution in [1.82, 2.24) is 0 Å². The molecule has 3 rings (SSSR count). The Bertz CT molecular complexity index is 516. The summed E-state index contributed by atoms with van der Waals surface area (Å²) < 4.78 is 11.4. The number of piperidine rings is 1. The van der Waals surface area contributed by atoms with Gasteiger partial charge in [-0.05, 0) is 18.2 Å². The molecular weight excluding hydrogens is 260 g/mol. The lowest BCUT2D eigenvalue weighted by Crippen LogP contribution is -2.45. The first kappa shape index (κ1) is 13.2. The van der Waals surface area contributed by atoms with Gasteiger partial charge in [-0.15, -0.1) is 0 Å². The van der Waals surface area contributed by atoms with Crippen molar-refractivity contribution in [3.63, 3.8) is 0 Å². The van der Waals surface area contributed by atoms with Gasteiger partial charge in [-0.2, -0.15) is 0 Å². The quantitative estimate of drug-likeness (QED) is 0.793. The average molecular weight is 278 g/mol. The molecule has 0 atom stereocenters. The molecule has 2 aliphatic rings. The van der Waals surface area contributed by atoms with Crippen LogP contribution in [0.25, 0.3) is 0 Å². The number of nitrogens with zero attached hydrogens (tertiary/aromatic N) is 1. The Morgan fingerprint density at radius 2 is 1.90 bits per heavy atom. The van der Waals surface area contributed by atoms with Gasteiger partial charge in [0.15, 0.2) is 5.79 Å². The number of rotatable bonds is 2. The molecule has 2 fully saturated rings. The monoisotopic (exact) mass is 278 g/mol. The molecule has 20 heavy (non-hydrogen) atoms. The van der Waals surface area contributed by atoms with E-state index < -0.39 is 11.8 Å². The largest absolute Gasteiger partial charge is 0.478 e. The standard InChI is InChI=1S/C14H18N2O4/c15-10-1-2-12(11(9-10)13(17)18)16-5-3-14(4-6-16)19-7-8-20-14/h1-2,9H,3-8,15H2,(H,17,18). The Hall–Kier alpha value is -1.79. The summed E-state index contributed by atoms with van der Waals surface area (Å²) >= 11 is 0. The van der Waals surface area contributed by atoms with Crippen molar-refractivity contribution >= 4 is 17.3 Å². The Morgan fingerprint density at radius 3 is 2.50 bits per heavy atom. The number of hydrogen-bond donors (Lipinski definition) is 2. The minimum absolute atomic E-state index is 0.245. The van der Waals surface area contributed by atoms with Crippen molar-refractivity contribution in [3.05, 3.63) is 23.8 Å². The minimum atomic E-state index is -0.957. The number of aromatic carboxylic acids is 1. The number of hydrogen-bond acceptors (Lipinski definition) is 5. The number of ether oxygens (including phenoxy) is 2. The molecule has 0 amide bonds. The van der Waals surface area contributed by atoms with E-state index in [1.54, 1.807) is 12.1 Å². The summed E-state index contributed by atoms with van der Waals surface area (Å²) in [6.45, 7) is 2.71. The Labute approximate surface area is 117 Å². The van der Waals surface area contributed by atoms with Crippen LogP contribution >= 0.6 is 0 Å². The van der Waals surface area contributed by atoms with Crippen LogP contribution in [0.1, 0.15) is 23.2 Å². The zero-order valence-electron chi connectivity index (χ0n) is 11.2. The lowest BCUT2D eigenvalue weighted by molar-refractivity contribution is -0.169. The number of benzene rings is 1. The fraction of sp³-hybridized carbons (Fsp3) is 0.500. The molecule has 1 spiro atoms. The molecule has 1 aromatic rings. The highest BCUT2D eigenvalue weighted by Gasteiger charge is 2.40. The Morgan fingerprint density at radius 1 is 1.25 bits per heavy atom. The first-order valence-electron chi connectivity index (χ1n) is 6.75. The van der Waals surface area contributed by atoms with Crippen LogP contribution in [0.2, 0.25) is 0 Å². The van der Waals surface area contributed by atoms with Crippen molar-refractivity contribution in [2.24, 2.45) is 0 Å². The van der Waals surface area contributed by atoms with Crippen molar-refractivity contribution < 1.29 is 19.4 Å². The van der Waals surface area contributed by atoms with Gasteiger partial charge in [0.2, 0.25) is 0 Å². The van der Waals surface area contributed by atoms with E-state index in [9.17, 15) is 9.90 Å². The second kappa shape index (κ2) is 4.96. The first-order chi connectivity index (χ1) is 9.60. The van der Waals surface area contributed by atoms with Gasteiger partial charge in [0.25, 0.3) is 0 Å². The summed E-state index contributed by atoms with van der Waals surface area (Å²) in [5.74, 6) is -1.41. The fourth-order valence-electron chi connectivity index (χ4n) is 2.87. The minimum Gasteiger partial charge on any atom is -0.478 e. The van der Waals surface area contributed by atoms with Crippen molar-refractivity contribution in [1.29, 1.82) is 0 Å². The molecular formula is C14H18N2O4. The third kappa shape index (κ3) is 2.32. The van der Waals surface area contributed by atoms with E-state index in [1.165, 1.54) is 6.07 Å². The fourth-order valence-corrected chi connectivity index (χ4v) is 2.87. The smallest absolute Gasteiger partial charge is 0.337 e. The van der Waals surface area contributed by atoms with Crippen LogP contribution in [0, 0.1) is 0 Å². The van der Waals surface area contributed by atoms with E-state index in [4.69, 9.17) is 15.2 Å². The van der Waals surface area contributed by atoms with Gasteiger partial charge in [0.1, 0.15) is 0 Å². The molecule has 6 heteroatoms. The zero-order valence-corrected chi connectivity index (χ0v) is 11.2. The van der Waals surface area contributed by atoms with Gasteiger partial charge in [-0.25, -0.2) is 4.79 Å². The first-order valence-corrected chi connectivity index (χ1v) is 6.75. The van der Waals surface area contributed by atoms with E-state index in [1.807, 2.05) is 0 Å². The van der Waals surface area contributed by atoms with E-state index in [0.717, 1.165) is 12.8 Å². The normalized spacial score (nSPS) is 21.3. The number of nitrogens with two attached hydrogens (primary N) is 1. The van der Waals surface area contributed by atoms with Crippen LogP contribution in [0.3, 0.4) is 0 Å². The number of carboxylic acid groups (broad SMARTS) is 1. The number of nitrogen functional groups attached to an aromatic ring is 1. The zero-order chi connectivity index (χ0) is 14.2. The maximum atomic E-state index is 11.3. The number of carbonyl (C=O) groups is 1. The summed E-state index contributed by atoms with van der Waals surface area (Å²) in [4.78, 5) is 13.4. The predicted molar refractivity (Wildman–Crippen MR) is 73.9 cm³/mol. The second-order valence-electron chi connectivity index (χ2n) is 5.18. The van der Waals surface area contributed by atoms with E-state index in [0.29, 0.717) is 37.7 Å². The highest BCUT2D eigenvalue weighted by molar-refractivity contribution is 5.95. The van der Waals surface area contributed by atoms with E-state index in [-0.39, 0.29) is 5.56 Å². The highest BCUT2D eigenvalue weighted by atomic mass is 16.7. The molecule has 2 aliphatic heterocycles. The molecule has 1 aromatic carbocycles. The van der Waals surface area contributed by atoms with Crippen LogP contribution in [-0.2, 0) is 9.47 Å².